The molecule has 2 amide bonds. The second-order valence-electron chi connectivity index (χ2n) is 9.56. The second kappa shape index (κ2) is 12.1. The van der Waals surface area contributed by atoms with Gasteiger partial charge in [-0.3, -0.25) is 4.79 Å². The maximum Gasteiger partial charge on any atom is 0.407 e. The van der Waals surface area contributed by atoms with E-state index in [0.717, 1.165) is 40.3 Å². The van der Waals surface area contributed by atoms with E-state index in [4.69, 9.17) is 14.3 Å². The first-order valence-electron chi connectivity index (χ1n) is 12.4. The van der Waals surface area contributed by atoms with Crippen LogP contribution in [0.4, 0.5) is 9.80 Å². The maximum absolute atomic E-state index is 12.8. The summed E-state index contributed by atoms with van der Waals surface area (Å²) in [6, 6.07) is 9.98. The van der Waals surface area contributed by atoms with Gasteiger partial charge in [-0.25, -0.2) is 4.79 Å². The molecule has 3 unspecified atom stereocenters. The molecule has 0 saturated carbocycles. The van der Waals surface area contributed by atoms with Crippen molar-refractivity contribution in [2.24, 2.45) is 17.0 Å². The van der Waals surface area contributed by atoms with E-state index in [0.29, 0.717) is 43.2 Å². The minimum atomic E-state index is -0.451. The molecule has 2 heterocycles. The van der Waals surface area contributed by atoms with Gasteiger partial charge in [0, 0.05) is 17.8 Å². The summed E-state index contributed by atoms with van der Waals surface area (Å²) in [7, 11) is 1.62. The van der Waals surface area contributed by atoms with Crippen molar-refractivity contribution in [1.82, 2.24) is 5.32 Å². The van der Waals surface area contributed by atoms with Crippen LogP contribution >= 0.6 is 11.3 Å². The second-order valence-corrected chi connectivity index (χ2v) is 10.7. The number of hydrogen-bond donors (Lipinski definition) is 2. The number of ether oxygens (including phenoxy) is 2. The van der Waals surface area contributed by atoms with Crippen LogP contribution in [-0.4, -0.2) is 44.6 Å². The van der Waals surface area contributed by atoms with Crippen molar-refractivity contribution >= 4 is 34.0 Å². The number of carbonyl (C=O) groups excluding carboxylic acids is 2. The molecule has 10 heteroatoms. The van der Waals surface area contributed by atoms with Crippen molar-refractivity contribution in [2.45, 2.75) is 45.4 Å². The highest BCUT2D eigenvalue weighted by Crippen LogP contribution is 2.39. The molecule has 0 bridgehead atoms. The maximum atomic E-state index is 12.8. The number of nitriles is 1. The smallest absolute Gasteiger partial charge is 0.407 e. The van der Waals surface area contributed by atoms with E-state index in [-0.39, 0.29) is 23.7 Å². The molecule has 0 spiro atoms. The average molecular weight is 525 g/mol. The lowest BCUT2D eigenvalue weighted by atomic mass is 9.88. The van der Waals surface area contributed by atoms with Crippen molar-refractivity contribution in [3.05, 3.63) is 45.8 Å². The molecular weight excluding hydrogens is 492 g/mol. The van der Waals surface area contributed by atoms with Gasteiger partial charge in [0.1, 0.15) is 23.4 Å². The third-order valence-corrected chi connectivity index (χ3v) is 8.07. The molecule has 1 aromatic heterocycles. The van der Waals surface area contributed by atoms with Crippen LogP contribution in [0, 0.1) is 23.2 Å². The number of fused-ring (bicyclic) bond motifs is 1. The van der Waals surface area contributed by atoms with Gasteiger partial charge in [-0.05, 0) is 61.3 Å². The summed E-state index contributed by atoms with van der Waals surface area (Å²) in [5.74, 6) is 0.868. The van der Waals surface area contributed by atoms with Gasteiger partial charge in [0.25, 0.3) is 0 Å². The quantitative estimate of drug-likeness (QED) is 0.494. The summed E-state index contributed by atoms with van der Waals surface area (Å²) in [4.78, 5) is 31.1. The highest BCUT2D eigenvalue weighted by molar-refractivity contribution is 7.16. The normalized spacial score (nSPS) is 19.0. The van der Waals surface area contributed by atoms with E-state index < -0.39 is 6.09 Å². The predicted molar refractivity (Wildman–Crippen MR) is 141 cm³/mol. The van der Waals surface area contributed by atoms with E-state index in [1.54, 1.807) is 7.11 Å². The first-order valence-corrected chi connectivity index (χ1v) is 13.2. The number of nitrogens with zero attached hydrogens (tertiary/aromatic N) is 2. The summed E-state index contributed by atoms with van der Waals surface area (Å²) >= 11 is 1.45. The molecule has 9 nitrogen and oxygen atoms in total. The van der Waals surface area contributed by atoms with Crippen molar-refractivity contribution in [3.63, 3.8) is 0 Å². The first kappa shape index (κ1) is 26.5. The first-order chi connectivity index (χ1) is 17.9. The van der Waals surface area contributed by atoms with Crippen molar-refractivity contribution < 1.29 is 23.9 Å². The topological polar surface area (TPSA) is 122 Å². The third-order valence-electron chi connectivity index (χ3n) is 6.90. The van der Waals surface area contributed by atoms with Crippen LogP contribution in [-0.2, 0) is 27.2 Å². The van der Waals surface area contributed by atoms with Crippen LogP contribution < -0.4 is 15.4 Å². The SMILES string of the molecule is COc1cccc(C(C)CC(=O)Nc2sc3c(c2C#N)CCC(COC(=O)NCC2CON=C2C)C3)c1. The van der Waals surface area contributed by atoms with Gasteiger partial charge in [0.05, 0.1) is 30.9 Å². The fraction of sp³-hybridized carbons (Fsp3) is 0.481. The van der Waals surface area contributed by atoms with E-state index in [9.17, 15) is 14.9 Å². The van der Waals surface area contributed by atoms with Gasteiger partial charge in [-0.2, -0.15) is 5.26 Å². The van der Waals surface area contributed by atoms with Crippen LogP contribution in [0.15, 0.2) is 29.4 Å². The van der Waals surface area contributed by atoms with Crippen LogP contribution in [0.3, 0.4) is 0 Å². The Labute approximate surface area is 220 Å². The molecule has 37 heavy (non-hydrogen) atoms. The fourth-order valence-electron chi connectivity index (χ4n) is 4.61. The summed E-state index contributed by atoms with van der Waals surface area (Å²) in [6.07, 6.45) is 2.08. The van der Waals surface area contributed by atoms with Gasteiger partial charge in [-0.1, -0.05) is 24.2 Å². The van der Waals surface area contributed by atoms with Crippen LogP contribution in [0.1, 0.15) is 54.2 Å². The van der Waals surface area contributed by atoms with Gasteiger partial charge >= 0.3 is 6.09 Å². The molecule has 1 aliphatic carbocycles. The standard InChI is InChI=1S/C27H32N4O5S/c1-16(19-5-4-6-21(11-19)34-3)9-25(32)30-26-23(12-28)22-8-7-18(10-24(22)37-26)14-35-27(33)29-13-20-15-36-31-17(20)2/h4-6,11,16,18,20H,7-10,13-15H2,1-3H3,(H,29,33)(H,30,32). The number of methoxy groups -OCH3 is 1. The minimum Gasteiger partial charge on any atom is -0.497 e. The summed E-state index contributed by atoms with van der Waals surface area (Å²) in [5.41, 5.74) is 3.44. The molecule has 1 aromatic carbocycles. The minimum absolute atomic E-state index is 0.000271. The summed E-state index contributed by atoms with van der Waals surface area (Å²) in [5, 5.41) is 20.0. The molecule has 0 fully saturated rings. The van der Waals surface area contributed by atoms with Crippen molar-refractivity contribution in [2.75, 3.05) is 32.2 Å². The summed E-state index contributed by atoms with van der Waals surface area (Å²) in [6.45, 7) is 5.07. The Morgan fingerprint density at radius 3 is 2.95 bits per heavy atom. The molecule has 3 atom stereocenters. The largest absolute Gasteiger partial charge is 0.497 e. The van der Waals surface area contributed by atoms with E-state index in [2.05, 4.69) is 21.9 Å². The number of oxime groups is 1. The molecule has 2 aliphatic rings. The average Bonchev–Trinajstić information content (AvgIpc) is 3.47. The lowest BCUT2D eigenvalue weighted by Gasteiger charge is -2.22. The predicted octanol–water partition coefficient (Wildman–Crippen LogP) is 4.61. The van der Waals surface area contributed by atoms with Crippen LogP contribution in [0.2, 0.25) is 0 Å². The molecular formula is C27H32N4O5S. The molecule has 0 saturated heterocycles. The molecule has 2 aromatic rings. The highest BCUT2D eigenvalue weighted by Gasteiger charge is 2.28. The number of benzene rings is 1. The van der Waals surface area contributed by atoms with Gasteiger partial charge in [0.2, 0.25) is 5.91 Å². The van der Waals surface area contributed by atoms with E-state index in [1.807, 2.05) is 38.1 Å². The molecule has 1 aliphatic heterocycles. The zero-order chi connectivity index (χ0) is 26.4. The number of nitrogens with one attached hydrogen (secondary N) is 2. The van der Waals surface area contributed by atoms with Gasteiger partial charge in [-0.15, -0.1) is 11.3 Å². The molecule has 4 rings (SSSR count). The Hall–Kier alpha value is -3.58. The zero-order valence-electron chi connectivity index (χ0n) is 21.3. The Balaban J connectivity index is 1.30. The van der Waals surface area contributed by atoms with Gasteiger partial charge in [0.15, 0.2) is 0 Å². The van der Waals surface area contributed by atoms with Crippen LogP contribution in [0.25, 0.3) is 0 Å². The van der Waals surface area contributed by atoms with E-state index >= 15 is 0 Å². The zero-order valence-corrected chi connectivity index (χ0v) is 22.2. The van der Waals surface area contributed by atoms with Gasteiger partial charge < -0.3 is 24.9 Å². The molecule has 196 valence electrons. The number of carbonyl (C=O) groups is 2. The fourth-order valence-corrected chi connectivity index (χ4v) is 5.93. The number of alkyl carbamates (subject to hydrolysis) is 1. The Morgan fingerprint density at radius 1 is 1.38 bits per heavy atom. The van der Waals surface area contributed by atoms with E-state index in [1.165, 1.54) is 11.3 Å². The number of hydrogen-bond acceptors (Lipinski definition) is 8. The Kier molecular flexibility index (Phi) is 8.66. The Bertz CT molecular complexity index is 1220. The summed E-state index contributed by atoms with van der Waals surface area (Å²) < 4.78 is 10.7. The monoisotopic (exact) mass is 524 g/mol. The third kappa shape index (κ3) is 6.60. The highest BCUT2D eigenvalue weighted by atomic mass is 32.1. The number of amides is 2. The lowest BCUT2D eigenvalue weighted by Crippen LogP contribution is -2.34. The number of rotatable bonds is 9. The molecule has 0 radical (unpaired) electrons. The Morgan fingerprint density at radius 2 is 2.22 bits per heavy atom. The van der Waals surface area contributed by atoms with Crippen molar-refractivity contribution in [3.8, 4) is 11.8 Å². The molecule has 2 N–H and O–H groups in total. The lowest BCUT2D eigenvalue weighted by molar-refractivity contribution is -0.116. The number of anilines is 1. The number of thiophene rings is 1. The van der Waals surface area contributed by atoms with Crippen molar-refractivity contribution in [1.29, 1.82) is 5.26 Å². The van der Waals surface area contributed by atoms with Crippen LogP contribution in [0.5, 0.6) is 5.75 Å².